The van der Waals surface area contributed by atoms with Crippen LogP contribution >= 0.6 is 0 Å². The second-order valence-electron chi connectivity index (χ2n) is 21.3. The van der Waals surface area contributed by atoms with Gasteiger partial charge in [-0.2, -0.15) is 0 Å². The van der Waals surface area contributed by atoms with Gasteiger partial charge in [0, 0.05) is 49.5 Å². The Balaban J connectivity index is 1.21. The number of imide groups is 1. The van der Waals surface area contributed by atoms with E-state index in [4.69, 9.17) is 19.0 Å². The molecule has 1 aromatic heterocycles. The number of ether oxygens (including phenoxy) is 3. The van der Waals surface area contributed by atoms with Gasteiger partial charge in [0.15, 0.2) is 0 Å². The minimum atomic E-state index is -4.18. The highest BCUT2D eigenvalue weighted by Crippen LogP contribution is 2.40. The Labute approximate surface area is 409 Å². The van der Waals surface area contributed by atoms with E-state index in [1.54, 1.807) is 69.2 Å². The Morgan fingerprint density at radius 1 is 0.743 bits per heavy atom. The summed E-state index contributed by atoms with van der Waals surface area (Å²) in [4.78, 5) is 86.8. The molecule has 2 aromatic carbocycles. The second kappa shape index (κ2) is 21.9. The molecule has 19 nitrogen and oxygen atoms in total. The zero-order valence-electron chi connectivity index (χ0n) is 42.0. The van der Waals surface area contributed by atoms with Crippen LogP contribution in [0.5, 0.6) is 11.5 Å². The number of rotatable bonds is 25. The standard InChI is InChI=1S/C49H67FN6O13S/c1-44(2,30-45(3,4)42(62)63)35-25-33(15-18-36(35)50)68-32-13-16-34(17-14-32)70(64,65)55-43-51-28-31(29-52-43)41(61)54-47(7,8)22-24-66-48(9,10)26-37(57)53-46(5,6)21-23-67-49(11,12)27-40(60)69-56-38(58)19-20-39(56)59/h13-18,25,28-29H,19-24,26-27,30H2,1-12H3,(H,53,57)(H,54,61)(H,62,63)(H,51,52,55). The topological polar surface area (TPSA) is 259 Å². The Kier molecular flexibility index (Phi) is 17.7. The third-order valence-electron chi connectivity index (χ3n) is 11.4. The molecule has 0 atom stereocenters. The van der Waals surface area contributed by atoms with Crippen LogP contribution in [0.4, 0.5) is 10.3 Å². The fourth-order valence-corrected chi connectivity index (χ4v) is 8.54. The number of aromatic nitrogens is 2. The van der Waals surface area contributed by atoms with E-state index in [1.165, 1.54) is 54.9 Å². The maximum atomic E-state index is 15.0. The van der Waals surface area contributed by atoms with Crippen molar-refractivity contribution in [1.82, 2.24) is 25.7 Å². The van der Waals surface area contributed by atoms with E-state index in [0.29, 0.717) is 17.9 Å². The molecule has 0 saturated carbocycles. The number of amides is 4. The monoisotopic (exact) mass is 998 g/mol. The lowest BCUT2D eigenvalue weighted by atomic mass is 9.71. The zero-order chi connectivity index (χ0) is 52.7. The number of hydrogen-bond donors (Lipinski definition) is 4. The molecule has 4 N–H and O–H groups in total. The van der Waals surface area contributed by atoms with Crippen LogP contribution in [-0.4, -0.2) is 99.6 Å². The molecular weight excluding hydrogens is 932 g/mol. The van der Waals surface area contributed by atoms with Gasteiger partial charge in [-0.1, -0.05) is 13.8 Å². The molecule has 21 heteroatoms. The lowest BCUT2D eigenvalue weighted by Gasteiger charge is -2.33. The number of hydrogen-bond acceptors (Lipinski definition) is 14. The van der Waals surface area contributed by atoms with Crippen LogP contribution in [0.25, 0.3) is 0 Å². The van der Waals surface area contributed by atoms with Crippen molar-refractivity contribution >= 4 is 51.5 Å². The van der Waals surface area contributed by atoms with Gasteiger partial charge >= 0.3 is 11.9 Å². The molecule has 0 bridgehead atoms. The maximum absolute atomic E-state index is 15.0. The third-order valence-corrected chi connectivity index (χ3v) is 12.7. The van der Waals surface area contributed by atoms with Crippen molar-refractivity contribution in [2.75, 3.05) is 17.9 Å². The van der Waals surface area contributed by atoms with Crippen LogP contribution in [0.2, 0.25) is 0 Å². The van der Waals surface area contributed by atoms with Crippen LogP contribution < -0.4 is 20.1 Å². The first-order chi connectivity index (χ1) is 32.1. The number of carboxylic acid groups (broad SMARTS) is 1. The number of halogens is 1. The SMILES string of the molecule is CC(C)(CCOC(C)(C)CC(=O)ON1C(=O)CCC1=O)NC(=O)CC(C)(C)OCCC(C)(C)NC(=O)c1cnc(NS(=O)(=O)c2ccc(Oc3ccc(F)c(C(C)(C)CC(C)(C)C(=O)O)c3)cc2)nc1. The zero-order valence-corrected chi connectivity index (χ0v) is 42.9. The molecule has 3 aromatic rings. The van der Waals surface area contributed by atoms with E-state index in [0.717, 1.165) is 0 Å². The molecule has 0 unspecified atom stereocenters. The molecule has 2 heterocycles. The highest BCUT2D eigenvalue weighted by atomic mass is 32.2. The molecule has 384 valence electrons. The quantitative estimate of drug-likeness (QED) is 0.0615. The van der Waals surface area contributed by atoms with Crippen LogP contribution in [0, 0.1) is 11.2 Å². The molecule has 0 radical (unpaired) electrons. The first kappa shape index (κ1) is 56.5. The molecule has 1 fully saturated rings. The van der Waals surface area contributed by atoms with Crippen molar-refractivity contribution in [2.45, 2.75) is 161 Å². The van der Waals surface area contributed by atoms with E-state index < -0.39 is 78.6 Å². The van der Waals surface area contributed by atoms with Crippen molar-refractivity contribution < 1.29 is 65.7 Å². The Morgan fingerprint density at radius 2 is 1.26 bits per heavy atom. The largest absolute Gasteiger partial charge is 0.481 e. The summed E-state index contributed by atoms with van der Waals surface area (Å²) in [5, 5.41) is 16.0. The number of nitrogens with one attached hydrogen (secondary N) is 3. The number of benzene rings is 2. The maximum Gasteiger partial charge on any atom is 0.336 e. The number of aliphatic carboxylic acids is 1. The summed E-state index contributed by atoms with van der Waals surface area (Å²) in [6.07, 6.45) is 3.08. The number of carbonyl (C=O) groups excluding carboxylic acids is 5. The van der Waals surface area contributed by atoms with E-state index >= 15 is 0 Å². The average Bonchev–Trinajstić information content (AvgIpc) is 3.52. The van der Waals surface area contributed by atoms with Gasteiger partial charge in [-0.15, -0.1) is 5.06 Å². The number of nitrogens with zero attached hydrogens (tertiary/aromatic N) is 3. The number of carbonyl (C=O) groups is 6. The normalized spacial score (nSPS) is 14.0. The summed E-state index contributed by atoms with van der Waals surface area (Å²) >= 11 is 0. The van der Waals surface area contributed by atoms with Crippen LogP contribution in [-0.2, 0) is 53.7 Å². The molecule has 0 spiro atoms. The van der Waals surface area contributed by atoms with E-state index in [1.807, 2.05) is 13.8 Å². The highest BCUT2D eigenvalue weighted by molar-refractivity contribution is 7.92. The lowest BCUT2D eigenvalue weighted by molar-refractivity contribution is -0.200. The van der Waals surface area contributed by atoms with Crippen LogP contribution in [0.3, 0.4) is 0 Å². The van der Waals surface area contributed by atoms with Crippen molar-refractivity contribution in [3.63, 3.8) is 0 Å². The third kappa shape index (κ3) is 16.8. The first-order valence-corrected chi connectivity index (χ1v) is 24.2. The van der Waals surface area contributed by atoms with E-state index in [2.05, 4.69) is 25.3 Å². The minimum Gasteiger partial charge on any atom is -0.481 e. The average molecular weight is 999 g/mol. The smallest absolute Gasteiger partial charge is 0.336 e. The molecule has 1 saturated heterocycles. The van der Waals surface area contributed by atoms with E-state index in [-0.39, 0.29) is 84.7 Å². The summed E-state index contributed by atoms with van der Waals surface area (Å²) in [6, 6.07) is 9.58. The molecule has 1 aliphatic heterocycles. The second-order valence-corrected chi connectivity index (χ2v) is 22.9. The van der Waals surface area contributed by atoms with Crippen molar-refractivity contribution in [1.29, 1.82) is 0 Å². The van der Waals surface area contributed by atoms with Gasteiger partial charge in [0.1, 0.15) is 17.3 Å². The fraction of sp³-hybridized carbons (Fsp3) is 0.551. The van der Waals surface area contributed by atoms with Gasteiger partial charge in [-0.25, -0.2) is 32.3 Å². The van der Waals surface area contributed by atoms with Crippen molar-refractivity contribution in [2.24, 2.45) is 5.41 Å². The fourth-order valence-electron chi connectivity index (χ4n) is 7.58. The van der Waals surface area contributed by atoms with Gasteiger partial charge in [-0.3, -0.25) is 24.0 Å². The Bertz CT molecular complexity index is 2510. The number of sulfonamides is 1. The molecule has 4 amide bonds. The predicted octanol–water partition coefficient (Wildman–Crippen LogP) is 7.15. The van der Waals surface area contributed by atoms with Crippen molar-refractivity contribution in [3.05, 3.63) is 71.8 Å². The number of hydroxylamine groups is 2. The summed E-state index contributed by atoms with van der Waals surface area (Å²) in [6.45, 7) is 21.2. The molecule has 70 heavy (non-hydrogen) atoms. The van der Waals surface area contributed by atoms with Gasteiger partial charge in [0.05, 0.1) is 39.9 Å². The Morgan fingerprint density at radius 3 is 1.80 bits per heavy atom. The summed E-state index contributed by atoms with van der Waals surface area (Å²) in [5.41, 5.74) is -4.95. The summed E-state index contributed by atoms with van der Waals surface area (Å²) < 4.78 is 61.6. The molecule has 1 aliphatic rings. The number of anilines is 1. The Hall–Kier alpha value is -6.06. The van der Waals surface area contributed by atoms with Gasteiger partial charge in [0.2, 0.25) is 11.9 Å². The number of carboxylic acids is 1. The van der Waals surface area contributed by atoms with Crippen molar-refractivity contribution in [3.8, 4) is 11.5 Å². The molecule has 4 rings (SSSR count). The summed E-state index contributed by atoms with van der Waals surface area (Å²) in [5.74, 6) is -3.96. The van der Waals surface area contributed by atoms with Gasteiger partial charge < -0.3 is 34.8 Å². The molecular formula is C49H67FN6O13S. The van der Waals surface area contributed by atoms with Gasteiger partial charge in [0.25, 0.3) is 27.7 Å². The van der Waals surface area contributed by atoms with Crippen LogP contribution in [0.15, 0.2) is 59.8 Å². The predicted molar refractivity (Wildman–Crippen MR) is 254 cm³/mol. The van der Waals surface area contributed by atoms with E-state index in [9.17, 15) is 46.7 Å². The summed E-state index contributed by atoms with van der Waals surface area (Å²) in [7, 11) is -4.18. The first-order valence-electron chi connectivity index (χ1n) is 22.7. The minimum absolute atomic E-state index is 0.00523. The lowest BCUT2D eigenvalue weighted by Crippen LogP contribution is -2.47. The van der Waals surface area contributed by atoms with Crippen LogP contribution in [0.1, 0.15) is 144 Å². The van der Waals surface area contributed by atoms with Gasteiger partial charge in [-0.05, 0) is 142 Å². The molecule has 0 aliphatic carbocycles. The highest BCUT2D eigenvalue weighted by Gasteiger charge is 2.38.